The van der Waals surface area contributed by atoms with E-state index in [9.17, 15) is 4.39 Å². The Bertz CT molecular complexity index is 377. The molecule has 0 radical (unpaired) electrons. The van der Waals surface area contributed by atoms with Gasteiger partial charge < -0.3 is 5.73 Å². The molecule has 0 aromatic heterocycles. The van der Waals surface area contributed by atoms with Crippen LogP contribution in [0.15, 0.2) is 18.2 Å². The second-order valence-electron chi connectivity index (χ2n) is 4.82. The molecule has 1 aliphatic heterocycles. The minimum atomic E-state index is -0.221. The highest BCUT2D eigenvalue weighted by Gasteiger charge is 2.28. The van der Waals surface area contributed by atoms with Crippen molar-refractivity contribution in [2.24, 2.45) is 11.7 Å². The molecular weight excluding hydrogens is 239 g/mol. The molecule has 1 fully saturated rings. The Balaban J connectivity index is 2.11. The van der Waals surface area contributed by atoms with Crippen LogP contribution in [-0.2, 0) is 6.54 Å². The lowest BCUT2D eigenvalue weighted by Crippen LogP contribution is -2.28. The summed E-state index contributed by atoms with van der Waals surface area (Å²) in [5, 5.41) is 0.508. The number of likely N-dealkylation sites (tertiary alicyclic amines) is 1. The molecule has 0 amide bonds. The fourth-order valence-electron chi connectivity index (χ4n) is 2.50. The molecule has 17 heavy (non-hydrogen) atoms. The smallest absolute Gasteiger partial charge is 0.129 e. The molecule has 2 atom stereocenters. The van der Waals surface area contributed by atoms with Gasteiger partial charge >= 0.3 is 0 Å². The molecule has 1 heterocycles. The van der Waals surface area contributed by atoms with Crippen molar-refractivity contribution in [1.82, 2.24) is 4.90 Å². The topological polar surface area (TPSA) is 29.3 Å². The lowest BCUT2D eigenvalue weighted by atomic mass is 10.1. The second-order valence-corrected chi connectivity index (χ2v) is 5.22. The molecule has 94 valence electrons. The molecule has 0 bridgehead atoms. The van der Waals surface area contributed by atoms with E-state index in [0.717, 1.165) is 13.0 Å². The van der Waals surface area contributed by atoms with Crippen molar-refractivity contribution in [2.75, 3.05) is 13.1 Å². The second kappa shape index (κ2) is 5.34. The van der Waals surface area contributed by atoms with E-state index in [2.05, 4.69) is 11.8 Å². The number of nitrogens with two attached hydrogens (primary N) is 1. The number of benzene rings is 1. The minimum Gasteiger partial charge on any atom is -0.330 e. The summed E-state index contributed by atoms with van der Waals surface area (Å²) in [5.41, 5.74) is 6.28. The zero-order valence-corrected chi connectivity index (χ0v) is 10.8. The van der Waals surface area contributed by atoms with Crippen LogP contribution in [0.4, 0.5) is 4.39 Å². The number of nitrogens with zero attached hydrogens (tertiary/aromatic N) is 1. The third-order valence-corrected chi connectivity index (χ3v) is 3.90. The predicted molar refractivity (Wildman–Crippen MR) is 68.4 cm³/mol. The molecule has 0 spiro atoms. The molecule has 1 aromatic carbocycles. The van der Waals surface area contributed by atoms with Crippen LogP contribution < -0.4 is 5.73 Å². The van der Waals surface area contributed by atoms with Gasteiger partial charge in [-0.2, -0.15) is 0 Å². The quantitative estimate of drug-likeness (QED) is 0.901. The van der Waals surface area contributed by atoms with Gasteiger partial charge in [0, 0.05) is 29.7 Å². The lowest BCUT2D eigenvalue weighted by Gasteiger charge is -2.21. The summed E-state index contributed by atoms with van der Waals surface area (Å²) in [4.78, 5) is 2.25. The summed E-state index contributed by atoms with van der Waals surface area (Å²) in [7, 11) is 0. The van der Waals surface area contributed by atoms with Gasteiger partial charge in [-0.25, -0.2) is 4.39 Å². The molecule has 2 unspecified atom stereocenters. The van der Waals surface area contributed by atoms with Gasteiger partial charge in [0.2, 0.25) is 0 Å². The van der Waals surface area contributed by atoms with Gasteiger partial charge in [0.05, 0.1) is 0 Å². The van der Waals surface area contributed by atoms with E-state index in [1.54, 1.807) is 12.1 Å². The summed E-state index contributed by atoms with van der Waals surface area (Å²) in [5.74, 6) is 0.302. The fraction of sp³-hybridized carbons (Fsp3) is 0.538. The summed E-state index contributed by atoms with van der Waals surface area (Å²) >= 11 is 6.03. The van der Waals surface area contributed by atoms with E-state index in [0.29, 0.717) is 35.6 Å². The number of halogens is 2. The van der Waals surface area contributed by atoms with Gasteiger partial charge in [-0.3, -0.25) is 4.90 Å². The predicted octanol–water partition coefficient (Wildman–Crippen LogP) is 2.65. The molecular formula is C13H18ClFN2. The molecule has 2 rings (SSSR count). The summed E-state index contributed by atoms with van der Waals surface area (Å²) < 4.78 is 13.7. The zero-order chi connectivity index (χ0) is 12.4. The van der Waals surface area contributed by atoms with E-state index in [4.69, 9.17) is 17.3 Å². The lowest BCUT2D eigenvalue weighted by molar-refractivity contribution is 0.252. The summed E-state index contributed by atoms with van der Waals surface area (Å²) in [6.07, 6.45) is 1.09. The zero-order valence-electron chi connectivity index (χ0n) is 10.00. The van der Waals surface area contributed by atoms with Crippen molar-refractivity contribution >= 4 is 11.6 Å². The number of rotatable bonds is 3. The number of hydrogen-bond donors (Lipinski definition) is 1. The van der Waals surface area contributed by atoms with Crippen LogP contribution in [0.1, 0.15) is 18.9 Å². The molecule has 1 saturated heterocycles. The first kappa shape index (κ1) is 12.8. The monoisotopic (exact) mass is 256 g/mol. The molecule has 1 aromatic rings. The average molecular weight is 257 g/mol. The van der Waals surface area contributed by atoms with Gasteiger partial charge in [-0.1, -0.05) is 17.7 Å². The first-order valence-corrected chi connectivity index (χ1v) is 6.36. The van der Waals surface area contributed by atoms with Gasteiger partial charge in [0.1, 0.15) is 5.82 Å². The average Bonchev–Trinajstić information content (AvgIpc) is 2.65. The van der Waals surface area contributed by atoms with Gasteiger partial charge in [0.25, 0.3) is 0 Å². The van der Waals surface area contributed by atoms with Crippen LogP contribution in [0, 0.1) is 11.7 Å². The van der Waals surface area contributed by atoms with Gasteiger partial charge in [0.15, 0.2) is 0 Å². The van der Waals surface area contributed by atoms with Gasteiger partial charge in [-0.15, -0.1) is 0 Å². The van der Waals surface area contributed by atoms with E-state index in [1.165, 1.54) is 6.07 Å². The van der Waals surface area contributed by atoms with E-state index in [1.807, 2.05) is 0 Å². The molecule has 4 heteroatoms. The molecule has 2 N–H and O–H groups in total. The molecule has 1 aliphatic rings. The maximum atomic E-state index is 13.7. The normalized spacial score (nSPS) is 25.4. The largest absolute Gasteiger partial charge is 0.330 e. The molecule has 2 nitrogen and oxygen atoms in total. The Kier molecular flexibility index (Phi) is 4.02. The first-order valence-electron chi connectivity index (χ1n) is 5.98. The Hall–Kier alpha value is -0.640. The van der Waals surface area contributed by atoms with Crippen molar-refractivity contribution in [1.29, 1.82) is 0 Å². The SMILES string of the molecule is CC1CC(CN)CN1Cc1c(F)cccc1Cl. The molecule has 0 aliphatic carbocycles. The Morgan fingerprint density at radius 2 is 2.29 bits per heavy atom. The van der Waals surface area contributed by atoms with Crippen molar-refractivity contribution in [3.05, 3.63) is 34.6 Å². The maximum absolute atomic E-state index is 13.7. The Morgan fingerprint density at radius 1 is 1.53 bits per heavy atom. The van der Waals surface area contributed by atoms with Crippen molar-refractivity contribution in [2.45, 2.75) is 25.9 Å². The van der Waals surface area contributed by atoms with E-state index < -0.39 is 0 Å². The highest BCUT2D eigenvalue weighted by atomic mass is 35.5. The van der Waals surface area contributed by atoms with Gasteiger partial charge in [-0.05, 0) is 37.9 Å². The summed E-state index contributed by atoms with van der Waals surface area (Å²) in [6.45, 7) is 4.36. The Labute approximate surface area is 107 Å². The van der Waals surface area contributed by atoms with Crippen molar-refractivity contribution in [3.63, 3.8) is 0 Å². The van der Waals surface area contributed by atoms with Crippen LogP contribution in [-0.4, -0.2) is 24.0 Å². The highest BCUT2D eigenvalue weighted by Crippen LogP contribution is 2.27. The fourth-order valence-corrected chi connectivity index (χ4v) is 2.72. The van der Waals surface area contributed by atoms with Crippen LogP contribution in [0.25, 0.3) is 0 Å². The standard InChI is InChI=1S/C13H18ClFN2/c1-9-5-10(6-16)7-17(9)8-11-12(14)3-2-4-13(11)15/h2-4,9-10H,5-8,16H2,1H3. The van der Waals surface area contributed by atoms with E-state index in [-0.39, 0.29) is 5.82 Å². The first-order chi connectivity index (χ1) is 8.11. The highest BCUT2D eigenvalue weighted by molar-refractivity contribution is 6.31. The summed E-state index contributed by atoms with van der Waals surface area (Å²) in [6, 6.07) is 5.28. The van der Waals surface area contributed by atoms with Crippen LogP contribution in [0.3, 0.4) is 0 Å². The number of hydrogen-bond acceptors (Lipinski definition) is 2. The minimum absolute atomic E-state index is 0.221. The third kappa shape index (κ3) is 2.79. The molecule has 0 saturated carbocycles. The Morgan fingerprint density at radius 3 is 2.88 bits per heavy atom. The van der Waals surface area contributed by atoms with Crippen LogP contribution in [0.5, 0.6) is 0 Å². The van der Waals surface area contributed by atoms with Crippen LogP contribution in [0.2, 0.25) is 5.02 Å². The maximum Gasteiger partial charge on any atom is 0.129 e. The van der Waals surface area contributed by atoms with Crippen LogP contribution >= 0.6 is 11.6 Å². The van der Waals surface area contributed by atoms with Crippen molar-refractivity contribution < 1.29 is 4.39 Å². The van der Waals surface area contributed by atoms with Crippen molar-refractivity contribution in [3.8, 4) is 0 Å². The third-order valence-electron chi connectivity index (χ3n) is 3.55. The van der Waals surface area contributed by atoms with E-state index >= 15 is 0 Å².